The molecule has 1 saturated heterocycles. The van der Waals surface area contributed by atoms with Crippen LogP contribution in [0, 0.1) is 17.8 Å². The second-order valence-corrected chi connectivity index (χ2v) is 13.5. The number of ether oxygens (including phenoxy) is 2. The molecule has 9 atom stereocenters. The Labute approximate surface area is 248 Å². The number of nitrogens with one attached hydrogen (secondary N) is 1. The molecule has 1 heterocycles. The number of ketones is 1. The van der Waals surface area contributed by atoms with Gasteiger partial charge in [0.25, 0.3) is 5.67 Å². The quantitative estimate of drug-likeness (QED) is 0.212. The van der Waals surface area contributed by atoms with E-state index in [1.165, 1.54) is 13.8 Å². The molecule has 0 aromatic carbocycles. The van der Waals surface area contributed by atoms with Crippen LogP contribution in [0.2, 0.25) is 0 Å². The van der Waals surface area contributed by atoms with E-state index >= 15 is 4.39 Å². The summed E-state index contributed by atoms with van der Waals surface area (Å²) in [5, 5.41) is 26.5. The summed E-state index contributed by atoms with van der Waals surface area (Å²) in [6.07, 6.45) is 0.451. The number of nitrogens with zero attached hydrogens (tertiary/aromatic N) is 2. The van der Waals surface area contributed by atoms with Gasteiger partial charge >= 0.3 is 5.97 Å². The van der Waals surface area contributed by atoms with Crippen molar-refractivity contribution >= 4 is 11.8 Å². The fourth-order valence-electron chi connectivity index (χ4n) is 6.08. The average molecular weight is 590 g/mol. The summed E-state index contributed by atoms with van der Waals surface area (Å²) in [6, 6.07) is -0.550. The van der Waals surface area contributed by atoms with Crippen molar-refractivity contribution < 1.29 is 33.7 Å². The van der Waals surface area contributed by atoms with Crippen LogP contribution >= 0.6 is 0 Å². The van der Waals surface area contributed by atoms with Gasteiger partial charge in [0.05, 0.1) is 12.2 Å². The number of alkyl halides is 1. The van der Waals surface area contributed by atoms with Crippen molar-refractivity contribution in [1.82, 2.24) is 15.1 Å². The first kappa shape index (κ1) is 37.9. The average Bonchev–Trinajstić information content (AvgIpc) is 2.87. The van der Waals surface area contributed by atoms with Crippen molar-refractivity contribution in [1.29, 1.82) is 0 Å². The summed E-state index contributed by atoms with van der Waals surface area (Å²) in [6.45, 7) is 18.3. The number of esters is 1. The number of halogens is 1. The summed E-state index contributed by atoms with van der Waals surface area (Å²) in [5.41, 5.74) is -7.40. The largest absolute Gasteiger partial charge is 0.457 e. The van der Waals surface area contributed by atoms with Gasteiger partial charge in [0.15, 0.2) is 5.78 Å². The van der Waals surface area contributed by atoms with Gasteiger partial charge in [0, 0.05) is 25.0 Å². The molecule has 1 aliphatic rings. The second-order valence-electron chi connectivity index (χ2n) is 13.5. The van der Waals surface area contributed by atoms with Crippen molar-refractivity contribution in [3.8, 4) is 0 Å². The minimum atomic E-state index is -2.94. The van der Waals surface area contributed by atoms with Gasteiger partial charge in [-0.2, -0.15) is 0 Å². The van der Waals surface area contributed by atoms with E-state index in [4.69, 9.17) is 9.47 Å². The molecule has 0 aromatic heterocycles. The van der Waals surface area contributed by atoms with Crippen molar-refractivity contribution in [3.05, 3.63) is 0 Å². The van der Waals surface area contributed by atoms with Crippen LogP contribution in [0.5, 0.6) is 0 Å². The molecule has 3 N–H and O–H groups in total. The van der Waals surface area contributed by atoms with Gasteiger partial charge in [-0.3, -0.25) is 4.79 Å². The van der Waals surface area contributed by atoms with Crippen LogP contribution in [-0.4, -0.2) is 120 Å². The Bertz CT molecular complexity index is 852. The van der Waals surface area contributed by atoms with Gasteiger partial charge in [-0.15, -0.1) is 0 Å². The van der Waals surface area contributed by atoms with Crippen LogP contribution in [0.3, 0.4) is 0 Å². The zero-order valence-electron chi connectivity index (χ0n) is 27.8. The van der Waals surface area contributed by atoms with E-state index < -0.39 is 58.2 Å². The van der Waals surface area contributed by atoms with E-state index in [1.54, 1.807) is 20.8 Å². The molecule has 10 heteroatoms. The number of Topliss-reactive ketones (excluding diaryl/α,β-unsaturated/α-hetero) is 1. The number of cyclic esters (lactones) is 1. The minimum absolute atomic E-state index is 0.0627. The highest BCUT2D eigenvalue weighted by molar-refractivity contribution is 6.07. The Morgan fingerprint density at radius 3 is 2.20 bits per heavy atom. The highest BCUT2D eigenvalue weighted by Crippen LogP contribution is 2.39. The highest BCUT2D eigenvalue weighted by Gasteiger charge is 2.56. The Morgan fingerprint density at radius 2 is 1.66 bits per heavy atom. The van der Waals surface area contributed by atoms with Gasteiger partial charge in [-0.1, -0.05) is 27.7 Å². The Balaban J connectivity index is 3.40. The van der Waals surface area contributed by atoms with Gasteiger partial charge in [0.2, 0.25) is 0 Å². The second kappa shape index (κ2) is 15.0. The summed E-state index contributed by atoms with van der Waals surface area (Å²) >= 11 is 0. The first-order valence-corrected chi connectivity index (χ1v) is 15.2. The summed E-state index contributed by atoms with van der Waals surface area (Å²) < 4.78 is 28.0. The predicted octanol–water partition coefficient (Wildman–Crippen LogP) is 3.06. The lowest BCUT2D eigenvalue weighted by Gasteiger charge is -2.49. The molecule has 0 aromatic rings. The Hall–Kier alpha value is -1.17. The number of hydrogen-bond donors (Lipinski definition) is 3. The number of carbonyl (C=O) groups is 2. The molecule has 1 fully saturated rings. The maximum absolute atomic E-state index is 16.0. The zero-order chi connectivity index (χ0) is 32.0. The summed E-state index contributed by atoms with van der Waals surface area (Å²) in [7, 11) is 5.95. The lowest BCUT2D eigenvalue weighted by atomic mass is 9.72. The molecular formula is C31H60FN3O6. The van der Waals surface area contributed by atoms with E-state index in [2.05, 4.69) is 17.1 Å². The third kappa shape index (κ3) is 9.16. The van der Waals surface area contributed by atoms with Crippen LogP contribution in [0.1, 0.15) is 81.6 Å². The van der Waals surface area contributed by atoms with Crippen molar-refractivity contribution in [2.75, 3.05) is 53.9 Å². The fourth-order valence-corrected chi connectivity index (χ4v) is 6.08. The number of hydrogen-bond acceptors (Lipinski definition) is 9. The van der Waals surface area contributed by atoms with Crippen LogP contribution in [0.25, 0.3) is 0 Å². The monoisotopic (exact) mass is 589 g/mol. The molecule has 41 heavy (non-hydrogen) atoms. The molecule has 0 aliphatic carbocycles. The third-order valence-corrected chi connectivity index (χ3v) is 9.74. The number of carbonyl (C=O) groups excluding carboxylic acids is 2. The Kier molecular flexibility index (Phi) is 13.9. The molecule has 0 spiro atoms. The van der Waals surface area contributed by atoms with E-state index in [0.29, 0.717) is 26.1 Å². The third-order valence-electron chi connectivity index (χ3n) is 9.74. The molecule has 1 rings (SSSR count). The van der Waals surface area contributed by atoms with Gasteiger partial charge < -0.3 is 34.8 Å². The molecule has 0 unspecified atom stereocenters. The predicted molar refractivity (Wildman–Crippen MR) is 161 cm³/mol. The SMILES string of the molecule is CC[C@H]1OC(=O)[C@@](C)(F)C(=O)[C@H](C)[C@@H](C)[C@](C)(OCCNCCCN(C)C)C[C@@H](C)CN(C)[C@H](C)[C@@](C)(O)[C@]1(C)O. The van der Waals surface area contributed by atoms with Gasteiger partial charge in [-0.05, 0) is 99.9 Å². The van der Waals surface area contributed by atoms with Crippen molar-refractivity contribution in [3.63, 3.8) is 0 Å². The first-order chi connectivity index (χ1) is 18.7. The van der Waals surface area contributed by atoms with Crippen LogP contribution in [0.4, 0.5) is 4.39 Å². The molecule has 0 radical (unpaired) electrons. The fraction of sp³-hybridized carbons (Fsp3) is 0.935. The summed E-state index contributed by atoms with van der Waals surface area (Å²) in [5.74, 6) is -3.46. The number of rotatable bonds is 9. The molecule has 1 aliphatic heterocycles. The standard InChI is InChI=1S/C31H60FN3O6/c1-13-25-31(9,39)30(8,38)24(5)35(12)20-21(2)19-28(6,40-18-16-33-15-14-17-34(10)11)23(4)22(3)26(36)29(7,32)27(37)41-25/h21-25,33,38-39H,13-20H2,1-12H3/t21-,22-,23-,24-,25-,28-,29+,30-,31-/m1/s1. The van der Waals surface area contributed by atoms with E-state index in [0.717, 1.165) is 26.4 Å². The highest BCUT2D eigenvalue weighted by atomic mass is 19.1. The molecule has 0 saturated carbocycles. The zero-order valence-corrected chi connectivity index (χ0v) is 27.8. The topological polar surface area (TPSA) is 112 Å². The lowest BCUT2D eigenvalue weighted by Crippen LogP contribution is -2.67. The Morgan fingerprint density at radius 1 is 1.07 bits per heavy atom. The van der Waals surface area contributed by atoms with Crippen molar-refractivity contribution in [2.24, 2.45) is 17.8 Å². The maximum atomic E-state index is 16.0. The smallest absolute Gasteiger partial charge is 0.351 e. The van der Waals surface area contributed by atoms with Crippen LogP contribution in [0.15, 0.2) is 0 Å². The van der Waals surface area contributed by atoms with Crippen molar-refractivity contribution in [2.45, 2.75) is 116 Å². The molecule has 0 amide bonds. The number of aliphatic hydroxyl groups is 2. The van der Waals surface area contributed by atoms with E-state index in [-0.39, 0.29) is 12.3 Å². The van der Waals surface area contributed by atoms with Gasteiger partial charge in [-0.25, -0.2) is 9.18 Å². The molecule has 242 valence electrons. The summed E-state index contributed by atoms with van der Waals surface area (Å²) in [4.78, 5) is 30.8. The number of likely N-dealkylation sites (N-methyl/N-ethyl adjacent to an activating group) is 1. The van der Waals surface area contributed by atoms with Crippen LogP contribution in [-0.2, 0) is 19.1 Å². The molecular weight excluding hydrogens is 529 g/mol. The van der Waals surface area contributed by atoms with Crippen LogP contribution < -0.4 is 5.32 Å². The van der Waals surface area contributed by atoms with Gasteiger partial charge in [0.1, 0.15) is 17.3 Å². The normalized spacial score (nSPS) is 40.7. The van der Waals surface area contributed by atoms with E-state index in [9.17, 15) is 19.8 Å². The first-order valence-electron chi connectivity index (χ1n) is 15.2. The maximum Gasteiger partial charge on any atom is 0.351 e. The lowest BCUT2D eigenvalue weighted by molar-refractivity contribution is -0.224. The van der Waals surface area contributed by atoms with E-state index in [1.807, 2.05) is 39.9 Å². The molecule has 0 bridgehead atoms. The minimum Gasteiger partial charge on any atom is -0.457 e. The molecule has 9 nitrogen and oxygen atoms in total.